The highest BCUT2D eigenvalue weighted by Gasteiger charge is 2.37. The third kappa shape index (κ3) is 3.85. The number of morpholine rings is 1. The first-order valence-corrected chi connectivity index (χ1v) is 9.98. The number of nitrogens with zero attached hydrogens (tertiary/aromatic N) is 2. The summed E-state index contributed by atoms with van der Waals surface area (Å²) in [6.07, 6.45) is 1.59. The molecule has 8 nitrogen and oxygen atoms in total. The van der Waals surface area contributed by atoms with Gasteiger partial charge >= 0.3 is 6.03 Å². The zero-order valence-electron chi connectivity index (χ0n) is 16.2. The molecule has 0 saturated carbocycles. The first kappa shape index (κ1) is 19.2. The van der Waals surface area contributed by atoms with Crippen LogP contribution in [0.2, 0.25) is 0 Å². The number of ether oxygens (including phenoxy) is 1. The molecule has 0 spiro atoms. The van der Waals surface area contributed by atoms with Crippen LogP contribution >= 0.6 is 0 Å². The van der Waals surface area contributed by atoms with E-state index in [1.54, 1.807) is 11.0 Å². The molecule has 3 aliphatic rings. The van der Waals surface area contributed by atoms with E-state index in [1.807, 2.05) is 19.1 Å². The average molecular weight is 388 g/mol. The minimum atomic E-state index is -0.120. The molecular formula is C20H28N4O4. The van der Waals surface area contributed by atoms with E-state index in [0.717, 1.165) is 30.8 Å². The van der Waals surface area contributed by atoms with Gasteiger partial charge in [0.15, 0.2) is 0 Å². The highest BCUT2D eigenvalue weighted by atomic mass is 16.5. The van der Waals surface area contributed by atoms with Crippen molar-refractivity contribution in [2.45, 2.75) is 38.0 Å². The van der Waals surface area contributed by atoms with Crippen LogP contribution < -0.4 is 15.5 Å². The quantitative estimate of drug-likeness (QED) is 0.682. The Balaban J connectivity index is 1.40. The lowest BCUT2D eigenvalue weighted by atomic mass is 10.1. The van der Waals surface area contributed by atoms with Crippen molar-refractivity contribution >= 4 is 17.6 Å². The van der Waals surface area contributed by atoms with Gasteiger partial charge in [-0.3, -0.25) is 14.6 Å². The van der Waals surface area contributed by atoms with E-state index in [4.69, 9.17) is 9.84 Å². The van der Waals surface area contributed by atoms with Crippen LogP contribution in [0.25, 0.3) is 0 Å². The largest absolute Gasteiger partial charge is 0.396 e. The van der Waals surface area contributed by atoms with Crippen LogP contribution in [0, 0.1) is 6.92 Å². The highest BCUT2D eigenvalue weighted by Crippen LogP contribution is 2.26. The minimum Gasteiger partial charge on any atom is -0.396 e. The third-order valence-corrected chi connectivity index (χ3v) is 5.90. The standard InChI is InChI=1S/C20H28N4O4/c1-13-2-3-14(8-18(13)24-6-5-21-20(24)27)19(26)22-15-9-16-12-28-17(4-7-25)11-23(16)10-15/h2-3,8,15-17,25H,4-7,9-12H2,1H3,(H,21,27)(H,22,26)/t15-,16-,17-/m0/s1. The number of rotatable bonds is 5. The maximum atomic E-state index is 12.8. The summed E-state index contributed by atoms with van der Waals surface area (Å²) in [5, 5.41) is 15.0. The molecule has 3 atom stereocenters. The normalized spacial score (nSPS) is 27.6. The smallest absolute Gasteiger partial charge is 0.322 e. The Morgan fingerprint density at radius 1 is 1.39 bits per heavy atom. The number of anilines is 1. The minimum absolute atomic E-state index is 0.0713. The Morgan fingerprint density at radius 2 is 2.25 bits per heavy atom. The summed E-state index contributed by atoms with van der Waals surface area (Å²) in [7, 11) is 0. The zero-order valence-corrected chi connectivity index (χ0v) is 16.2. The zero-order chi connectivity index (χ0) is 19.7. The number of urea groups is 1. The fraction of sp³-hybridized carbons (Fsp3) is 0.600. The van der Waals surface area contributed by atoms with E-state index in [1.165, 1.54) is 0 Å². The van der Waals surface area contributed by atoms with E-state index in [9.17, 15) is 9.59 Å². The summed E-state index contributed by atoms with van der Waals surface area (Å²) in [5.41, 5.74) is 2.32. The number of nitrogens with one attached hydrogen (secondary N) is 2. The van der Waals surface area contributed by atoms with Gasteiger partial charge in [0.05, 0.1) is 12.7 Å². The van der Waals surface area contributed by atoms with Crippen LogP contribution in [0.15, 0.2) is 18.2 Å². The summed E-state index contributed by atoms with van der Waals surface area (Å²) in [4.78, 5) is 28.8. The van der Waals surface area contributed by atoms with Gasteiger partial charge in [0.25, 0.3) is 5.91 Å². The van der Waals surface area contributed by atoms with E-state index in [-0.39, 0.29) is 30.7 Å². The number of carbonyl (C=O) groups is 2. The SMILES string of the molecule is Cc1ccc(C(=O)N[C@H]2C[C@H]3CO[C@@H](CCO)CN3C2)cc1N1CCNC1=O. The summed E-state index contributed by atoms with van der Waals surface area (Å²) < 4.78 is 5.81. The topological polar surface area (TPSA) is 94.1 Å². The van der Waals surface area contributed by atoms with Crippen LogP contribution in [-0.2, 0) is 4.74 Å². The molecule has 152 valence electrons. The Bertz CT molecular complexity index is 756. The molecule has 28 heavy (non-hydrogen) atoms. The van der Waals surface area contributed by atoms with Gasteiger partial charge in [-0.2, -0.15) is 0 Å². The van der Waals surface area contributed by atoms with Gasteiger partial charge in [0.1, 0.15) is 0 Å². The Hall–Kier alpha value is -2.16. The maximum Gasteiger partial charge on any atom is 0.322 e. The van der Waals surface area contributed by atoms with E-state index >= 15 is 0 Å². The fourth-order valence-corrected chi connectivity index (χ4v) is 4.38. The number of hydrogen-bond acceptors (Lipinski definition) is 5. The van der Waals surface area contributed by atoms with Gasteiger partial charge in [-0.25, -0.2) is 4.79 Å². The van der Waals surface area contributed by atoms with Gasteiger partial charge in [-0.15, -0.1) is 0 Å². The molecule has 1 aromatic rings. The molecule has 3 N–H and O–H groups in total. The van der Waals surface area contributed by atoms with Crippen molar-refractivity contribution in [3.05, 3.63) is 29.3 Å². The predicted octanol–water partition coefficient (Wildman–Crippen LogP) is 0.479. The molecule has 3 saturated heterocycles. The maximum absolute atomic E-state index is 12.8. The number of carbonyl (C=O) groups excluding carboxylic acids is 2. The van der Waals surface area contributed by atoms with E-state index in [0.29, 0.717) is 37.7 Å². The molecule has 3 aliphatic heterocycles. The molecule has 0 bridgehead atoms. The van der Waals surface area contributed by atoms with Gasteiger partial charge in [0, 0.05) is 56.1 Å². The molecule has 0 aliphatic carbocycles. The summed E-state index contributed by atoms with van der Waals surface area (Å²) in [6.45, 7) is 5.56. The molecule has 3 heterocycles. The van der Waals surface area contributed by atoms with Crippen molar-refractivity contribution in [3.63, 3.8) is 0 Å². The monoisotopic (exact) mass is 388 g/mol. The number of benzene rings is 1. The predicted molar refractivity (Wildman–Crippen MR) is 105 cm³/mol. The van der Waals surface area contributed by atoms with Crippen LogP contribution in [0.4, 0.5) is 10.5 Å². The molecule has 0 radical (unpaired) electrons. The molecule has 1 aromatic carbocycles. The second-order valence-corrected chi connectivity index (χ2v) is 7.87. The van der Waals surface area contributed by atoms with Crippen molar-refractivity contribution in [2.75, 3.05) is 44.3 Å². The Labute approximate surface area is 164 Å². The van der Waals surface area contributed by atoms with Crippen molar-refractivity contribution in [3.8, 4) is 0 Å². The van der Waals surface area contributed by atoms with Gasteiger partial charge < -0.3 is 20.5 Å². The van der Waals surface area contributed by atoms with E-state index in [2.05, 4.69) is 15.5 Å². The molecule has 3 amide bonds. The van der Waals surface area contributed by atoms with Gasteiger partial charge in [-0.05, 0) is 37.5 Å². The van der Waals surface area contributed by atoms with Crippen LogP contribution in [-0.4, -0.2) is 79.5 Å². The summed E-state index contributed by atoms with van der Waals surface area (Å²) in [5.74, 6) is -0.112. The lowest BCUT2D eigenvalue weighted by Gasteiger charge is -2.34. The number of aryl methyl sites for hydroxylation is 1. The first-order chi connectivity index (χ1) is 13.5. The van der Waals surface area contributed by atoms with Crippen LogP contribution in [0.1, 0.15) is 28.8 Å². The summed E-state index contributed by atoms with van der Waals surface area (Å²) >= 11 is 0. The Morgan fingerprint density at radius 3 is 3.00 bits per heavy atom. The number of amides is 3. The molecule has 0 aromatic heterocycles. The van der Waals surface area contributed by atoms with Crippen LogP contribution in [0.3, 0.4) is 0 Å². The Kier molecular flexibility index (Phi) is 5.52. The van der Waals surface area contributed by atoms with Crippen molar-refractivity contribution in [2.24, 2.45) is 0 Å². The number of aliphatic hydroxyl groups excluding tert-OH is 1. The van der Waals surface area contributed by atoms with Gasteiger partial charge in [-0.1, -0.05) is 6.07 Å². The average Bonchev–Trinajstić information content (AvgIpc) is 3.27. The lowest BCUT2D eigenvalue weighted by molar-refractivity contribution is -0.0566. The highest BCUT2D eigenvalue weighted by molar-refractivity contribution is 5.99. The first-order valence-electron chi connectivity index (χ1n) is 9.98. The number of hydrogen-bond donors (Lipinski definition) is 3. The van der Waals surface area contributed by atoms with E-state index < -0.39 is 0 Å². The molecular weight excluding hydrogens is 360 g/mol. The fourth-order valence-electron chi connectivity index (χ4n) is 4.38. The van der Waals surface area contributed by atoms with Crippen molar-refractivity contribution in [1.29, 1.82) is 0 Å². The lowest BCUT2D eigenvalue weighted by Crippen LogP contribution is -2.46. The molecule has 8 heteroatoms. The number of fused-ring (bicyclic) bond motifs is 1. The molecule has 3 fully saturated rings. The number of aliphatic hydroxyl groups is 1. The second kappa shape index (κ2) is 8.06. The van der Waals surface area contributed by atoms with Crippen molar-refractivity contribution in [1.82, 2.24) is 15.5 Å². The van der Waals surface area contributed by atoms with Gasteiger partial charge in [0.2, 0.25) is 0 Å². The van der Waals surface area contributed by atoms with Crippen LogP contribution in [0.5, 0.6) is 0 Å². The third-order valence-electron chi connectivity index (χ3n) is 5.90. The summed E-state index contributed by atoms with van der Waals surface area (Å²) in [6, 6.07) is 5.78. The molecule has 0 unspecified atom stereocenters. The molecule has 4 rings (SSSR count). The van der Waals surface area contributed by atoms with Crippen molar-refractivity contribution < 1.29 is 19.4 Å². The second-order valence-electron chi connectivity index (χ2n) is 7.87.